The molecule has 2 N–H and O–H groups in total. The topological polar surface area (TPSA) is 119 Å². The molecule has 2 aromatic rings. The molecule has 0 unspecified atom stereocenters. The zero-order valence-electron chi connectivity index (χ0n) is 16.6. The van der Waals surface area contributed by atoms with Gasteiger partial charge in [0.05, 0.1) is 12.7 Å². The molecular weight excluding hydrogens is 404 g/mol. The fraction of sp³-hybridized carbons (Fsp3) is 0.261. The number of carbonyl (C=O) groups excluding carboxylic acids is 3. The minimum Gasteiger partial charge on any atom is -0.511 e. The second kappa shape index (κ2) is 7.88. The van der Waals surface area contributed by atoms with E-state index in [1.54, 1.807) is 48.5 Å². The van der Waals surface area contributed by atoms with Crippen molar-refractivity contribution < 1.29 is 38.8 Å². The summed E-state index contributed by atoms with van der Waals surface area (Å²) < 4.78 is 15.7. The Morgan fingerprint density at radius 2 is 1.81 bits per heavy atom. The molecule has 8 nitrogen and oxygen atoms in total. The second-order valence-electron chi connectivity index (χ2n) is 7.34. The quantitative estimate of drug-likeness (QED) is 0.717. The van der Waals surface area contributed by atoms with Gasteiger partial charge in [0.1, 0.15) is 35.7 Å². The Bertz CT molecular complexity index is 1070. The van der Waals surface area contributed by atoms with Crippen LogP contribution in [0.5, 0.6) is 5.75 Å². The highest BCUT2D eigenvalue weighted by atomic mass is 16.6. The van der Waals surface area contributed by atoms with Gasteiger partial charge >= 0.3 is 11.9 Å². The lowest BCUT2D eigenvalue weighted by Crippen LogP contribution is -2.62. The van der Waals surface area contributed by atoms with Gasteiger partial charge in [-0.2, -0.15) is 0 Å². The summed E-state index contributed by atoms with van der Waals surface area (Å²) in [5.74, 6) is -4.81. The van der Waals surface area contributed by atoms with E-state index in [1.165, 1.54) is 6.07 Å². The molecule has 1 heterocycles. The molecule has 0 radical (unpaired) electrons. The van der Waals surface area contributed by atoms with Crippen LogP contribution in [0.25, 0.3) is 0 Å². The Labute approximate surface area is 177 Å². The largest absolute Gasteiger partial charge is 0.511 e. The number of hydrogen-bond acceptors (Lipinski definition) is 8. The molecule has 0 saturated carbocycles. The van der Waals surface area contributed by atoms with Crippen LogP contribution in [0.1, 0.15) is 22.3 Å². The van der Waals surface area contributed by atoms with Crippen molar-refractivity contribution in [2.75, 3.05) is 7.11 Å². The third kappa shape index (κ3) is 3.34. The molecule has 2 aromatic carbocycles. The third-order valence-electron chi connectivity index (χ3n) is 5.51. The van der Waals surface area contributed by atoms with Gasteiger partial charge in [0, 0.05) is 6.42 Å². The SMILES string of the molecule is COC(=O)[C@@]1(O)C(C(=O)OCc2ccccc2)=C(O)C[C@H]2Oc3ccccc3C(=O)[C@@H]21. The van der Waals surface area contributed by atoms with Gasteiger partial charge in [0.25, 0.3) is 0 Å². The average Bonchev–Trinajstić information content (AvgIpc) is 2.77. The van der Waals surface area contributed by atoms with Crippen LogP contribution >= 0.6 is 0 Å². The molecule has 1 aliphatic heterocycles. The summed E-state index contributed by atoms with van der Waals surface area (Å²) >= 11 is 0. The normalized spacial score (nSPS) is 24.5. The summed E-state index contributed by atoms with van der Waals surface area (Å²) in [6.45, 7) is -0.158. The second-order valence-corrected chi connectivity index (χ2v) is 7.34. The number of hydrogen-bond donors (Lipinski definition) is 2. The van der Waals surface area contributed by atoms with E-state index < -0.39 is 46.7 Å². The summed E-state index contributed by atoms with van der Waals surface area (Å²) in [5, 5.41) is 22.0. The van der Waals surface area contributed by atoms with Gasteiger partial charge in [0.2, 0.25) is 5.60 Å². The number of carbonyl (C=O) groups is 3. The van der Waals surface area contributed by atoms with E-state index in [4.69, 9.17) is 14.2 Å². The van der Waals surface area contributed by atoms with Gasteiger partial charge in [-0.3, -0.25) is 4.79 Å². The lowest BCUT2D eigenvalue weighted by molar-refractivity contribution is -0.171. The molecule has 2 aliphatic rings. The van der Waals surface area contributed by atoms with Gasteiger partial charge in [-0.15, -0.1) is 0 Å². The van der Waals surface area contributed by atoms with Crippen molar-refractivity contribution >= 4 is 17.7 Å². The minimum atomic E-state index is -2.78. The first-order valence-corrected chi connectivity index (χ1v) is 9.62. The van der Waals surface area contributed by atoms with Crippen LogP contribution < -0.4 is 4.74 Å². The Morgan fingerprint density at radius 1 is 1.13 bits per heavy atom. The molecule has 4 rings (SSSR count). The molecule has 0 aromatic heterocycles. The molecule has 0 amide bonds. The maximum absolute atomic E-state index is 13.2. The zero-order valence-corrected chi connectivity index (χ0v) is 16.6. The Morgan fingerprint density at radius 3 is 2.52 bits per heavy atom. The summed E-state index contributed by atoms with van der Waals surface area (Å²) in [4.78, 5) is 38.8. The molecular formula is C23H20O8. The number of aliphatic hydroxyl groups is 2. The van der Waals surface area contributed by atoms with Crippen molar-refractivity contribution in [3.8, 4) is 5.75 Å². The van der Waals surface area contributed by atoms with Gasteiger partial charge < -0.3 is 24.4 Å². The Hall–Kier alpha value is -3.65. The molecule has 3 atom stereocenters. The fourth-order valence-electron chi connectivity index (χ4n) is 4.08. The van der Waals surface area contributed by atoms with Gasteiger partial charge in [-0.1, -0.05) is 42.5 Å². The number of para-hydroxylation sites is 1. The molecule has 8 heteroatoms. The first kappa shape index (κ1) is 20.6. The number of aliphatic hydroxyl groups excluding tert-OH is 1. The summed E-state index contributed by atoms with van der Waals surface area (Å²) in [7, 11) is 1.01. The van der Waals surface area contributed by atoms with Crippen molar-refractivity contribution in [1.29, 1.82) is 0 Å². The molecule has 160 valence electrons. The summed E-state index contributed by atoms with van der Waals surface area (Å²) in [6, 6.07) is 15.1. The maximum atomic E-state index is 13.2. The van der Waals surface area contributed by atoms with Crippen molar-refractivity contribution in [2.45, 2.75) is 24.7 Å². The fourth-order valence-corrected chi connectivity index (χ4v) is 4.08. The number of benzene rings is 2. The van der Waals surface area contributed by atoms with Crippen LogP contribution in [0.2, 0.25) is 0 Å². The number of esters is 2. The van der Waals surface area contributed by atoms with Crippen LogP contribution in [-0.2, 0) is 25.7 Å². The van der Waals surface area contributed by atoms with E-state index in [2.05, 4.69) is 0 Å². The van der Waals surface area contributed by atoms with Crippen molar-refractivity contribution in [3.63, 3.8) is 0 Å². The van der Waals surface area contributed by atoms with Gasteiger partial charge in [-0.25, -0.2) is 9.59 Å². The zero-order chi connectivity index (χ0) is 22.2. The third-order valence-corrected chi connectivity index (χ3v) is 5.51. The molecule has 1 aliphatic carbocycles. The highest BCUT2D eigenvalue weighted by molar-refractivity contribution is 6.10. The number of rotatable bonds is 4. The number of methoxy groups -OCH3 is 1. The van der Waals surface area contributed by atoms with E-state index >= 15 is 0 Å². The molecule has 0 saturated heterocycles. The number of ketones is 1. The highest BCUT2D eigenvalue weighted by Crippen LogP contribution is 2.46. The van der Waals surface area contributed by atoms with Gasteiger partial charge in [0.15, 0.2) is 5.78 Å². The van der Waals surface area contributed by atoms with Crippen LogP contribution in [0.4, 0.5) is 0 Å². The highest BCUT2D eigenvalue weighted by Gasteiger charge is 2.63. The maximum Gasteiger partial charge on any atom is 0.343 e. The van der Waals surface area contributed by atoms with E-state index in [0.29, 0.717) is 5.56 Å². The lowest BCUT2D eigenvalue weighted by atomic mass is 9.67. The molecule has 0 fully saturated rings. The van der Waals surface area contributed by atoms with Crippen LogP contribution in [0.15, 0.2) is 65.9 Å². The van der Waals surface area contributed by atoms with Crippen molar-refractivity contribution in [2.24, 2.45) is 5.92 Å². The Balaban J connectivity index is 1.74. The van der Waals surface area contributed by atoms with Crippen LogP contribution in [0.3, 0.4) is 0 Å². The van der Waals surface area contributed by atoms with Crippen LogP contribution in [0, 0.1) is 5.92 Å². The van der Waals surface area contributed by atoms with Crippen molar-refractivity contribution in [1.82, 2.24) is 0 Å². The minimum absolute atomic E-state index is 0.157. The predicted molar refractivity (Wildman–Crippen MR) is 106 cm³/mol. The average molecular weight is 424 g/mol. The summed E-state index contributed by atoms with van der Waals surface area (Å²) in [5.41, 5.74) is -2.67. The number of ether oxygens (including phenoxy) is 3. The van der Waals surface area contributed by atoms with Crippen molar-refractivity contribution in [3.05, 3.63) is 77.1 Å². The summed E-state index contributed by atoms with van der Waals surface area (Å²) in [6.07, 6.45) is -1.34. The smallest absolute Gasteiger partial charge is 0.343 e. The molecule has 0 spiro atoms. The van der Waals surface area contributed by atoms with E-state index in [1.807, 2.05) is 0 Å². The van der Waals surface area contributed by atoms with Crippen LogP contribution in [-0.4, -0.2) is 46.7 Å². The van der Waals surface area contributed by atoms with E-state index in [-0.39, 0.29) is 24.3 Å². The molecule has 31 heavy (non-hydrogen) atoms. The number of Topliss-reactive ketones (excluding diaryl/α,β-unsaturated/α-hetero) is 1. The first-order chi connectivity index (χ1) is 14.9. The molecule has 0 bridgehead atoms. The van der Waals surface area contributed by atoms with E-state index in [9.17, 15) is 24.6 Å². The number of fused-ring (bicyclic) bond motifs is 2. The Kier molecular flexibility index (Phi) is 5.24. The monoisotopic (exact) mass is 424 g/mol. The predicted octanol–water partition coefficient (Wildman–Crippen LogP) is 2.11. The first-order valence-electron chi connectivity index (χ1n) is 9.62. The lowest BCUT2D eigenvalue weighted by Gasteiger charge is -2.44. The standard InChI is InChI=1S/C23H20O8/c1-29-22(27)23(28)18(21(26)30-12-13-7-3-2-4-8-13)15(24)11-17-19(23)20(25)14-9-5-6-10-16(14)31-17/h2-10,17,19,24,28H,11-12H2,1H3/t17-,19-,23-/m1/s1. The van der Waals surface area contributed by atoms with E-state index in [0.717, 1.165) is 7.11 Å². The van der Waals surface area contributed by atoms with Gasteiger partial charge in [-0.05, 0) is 17.7 Å².